The molecule has 0 spiro atoms. The number of nitrogens with zero attached hydrogens (tertiary/aromatic N) is 1. The second-order valence-corrected chi connectivity index (χ2v) is 5.18. The van der Waals surface area contributed by atoms with Gasteiger partial charge in [0.15, 0.2) is 0 Å². The van der Waals surface area contributed by atoms with E-state index >= 15 is 0 Å². The predicted octanol–water partition coefficient (Wildman–Crippen LogP) is 3.15. The summed E-state index contributed by atoms with van der Waals surface area (Å²) in [6.45, 7) is 1.19. The molecular weight excluding hydrogens is 320 g/mol. The van der Waals surface area contributed by atoms with Crippen LogP contribution in [0.25, 0.3) is 0 Å². The minimum absolute atomic E-state index is 0.440. The Labute approximate surface area is 127 Å². The smallest absolute Gasteiger partial charge is 0.138 e. The van der Waals surface area contributed by atoms with Gasteiger partial charge in [-0.3, -0.25) is 4.98 Å². The third-order valence-corrected chi connectivity index (χ3v) is 3.29. The molecule has 2 rings (SSSR count). The molecule has 0 amide bonds. The minimum atomic E-state index is 0.440. The Morgan fingerprint density at radius 1 is 1.25 bits per heavy atom. The second-order valence-electron chi connectivity index (χ2n) is 4.26. The van der Waals surface area contributed by atoms with E-state index in [4.69, 9.17) is 9.47 Å². The third-order valence-electron chi connectivity index (χ3n) is 2.79. The normalized spacial score (nSPS) is 10.3. The van der Waals surface area contributed by atoms with Gasteiger partial charge < -0.3 is 14.8 Å². The zero-order chi connectivity index (χ0) is 14.4. The molecule has 1 heterocycles. The summed E-state index contributed by atoms with van der Waals surface area (Å²) < 4.78 is 12.1. The van der Waals surface area contributed by atoms with Gasteiger partial charge in [-0.2, -0.15) is 0 Å². The zero-order valence-corrected chi connectivity index (χ0v) is 13.1. The van der Waals surface area contributed by atoms with E-state index < -0.39 is 0 Å². The summed E-state index contributed by atoms with van der Waals surface area (Å²) in [5, 5.41) is 3.06. The molecule has 0 bridgehead atoms. The van der Waals surface area contributed by atoms with Crippen molar-refractivity contribution in [1.82, 2.24) is 10.3 Å². The first-order chi connectivity index (χ1) is 9.72. The maximum Gasteiger partial charge on any atom is 0.138 e. The van der Waals surface area contributed by atoms with Gasteiger partial charge in [-0.1, -0.05) is 15.9 Å². The van der Waals surface area contributed by atoms with Crippen molar-refractivity contribution in [3.05, 3.63) is 52.3 Å². The van der Waals surface area contributed by atoms with E-state index in [1.54, 1.807) is 13.3 Å². The van der Waals surface area contributed by atoms with Crippen LogP contribution in [0.3, 0.4) is 0 Å². The summed E-state index contributed by atoms with van der Waals surface area (Å²) in [5.74, 6) is 1.56. The van der Waals surface area contributed by atoms with Crippen LogP contribution in [-0.2, 0) is 13.2 Å². The van der Waals surface area contributed by atoms with Crippen molar-refractivity contribution in [3.63, 3.8) is 0 Å². The molecule has 1 aromatic carbocycles. The molecule has 20 heavy (non-hydrogen) atoms. The quantitative estimate of drug-likeness (QED) is 0.879. The summed E-state index contributed by atoms with van der Waals surface area (Å²) >= 11 is 3.45. The van der Waals surface area contributed by atoms with Crippen molar-refractivity contribution >= 4 is 15.9 Å². The van der Waals surface area contributed by atoms with Crippen molar-refractivity contribution < 1.29 is 9.47 Å². The maximum absolute atomic E-state index is 5.74. The largest absolute Gasteiger partial charge is 0.496 e. The molecule has 2 aromatic rings. The number of halogens is 1. The van der Waals surface area contributed by atoms with Crippen LogP contribution in [0, 0.1) is 0 Å². The number of ether oxygens (including phenoxy) is 2. The molecule has 0 radical (unpaired) electrons. The molecular formula is C15H17BrN2O2. The number of hydrogen-bond acceptors (Lipinski definition) is 4. The first-order valence-corrected chi connectivity index (χ1v) is 7.07. The topological polar surface area (TPSA) is 43.4 Å². The van der Waals surface area contributed by atoms with Crippen molar-refractivity contribution in [3.8, 4) is 11.5 Å². The molecule has 4 nitrogen and oxygen atoms in total. The van der Waals surface area contributed by atoms with E-state index in [9.17, 15) is 0 Å². The number of aromatic nitrogens is 1. The zero-order valence-electron chi connectivity index (χ0n) is 11.5. The number of benzene rings is 1. The van der Waals surface area contributed by atoms with Crippen LogP contribution < -0.4 is 14.8 Å². The Hall–Kier alpha value is -1.59. The van der Waals surface area contributed by atoms with Crippen LogP contribution in [0.15, 0.2) is 41.0 Å². The van der Waals surface area contributed by atoms with E-state index in [1.165, 1.54) is 0 Å². The van der Waals surface area contributed by atoms with Crippen molar-refractivity contribution in [1.29, 1.82) is 0 Å². The van der Waals surface area contributed by atoms with Crippen LogP contribution in [0.1, 0.15) is 11.3 Å². The number of methoxy groups -OCH3 is 1. The van der Waals surface area contributed by atoms with E-state index in [0.29, 0.717) is 6.61 Å². The van der Waals surface area contributed by atoms with Crippen molar-refractivity contribution in [2.45, 2.75) is 13.2 Å². The lowest BCUT2D eigenvalue weighted by Crippen LogP contribution is -2.06. The average Bonchev–Trinajstić information content (AvgIpc) is 2.47. The third kappa shape index (κ3) is 3.95. The average molecular weight is 337 g/mol. The number of pyridine rings is 1. The Kier molecular flexibility index (Phi) is 5.38. The molecule has 5 heteroatoms. The van der Waals surface area contributed by atoms with Gasteiger partial charge in [-0.15, -0.1) is 0 Å². The standard InChI is InChI=1S/C15H17BrN2O2/c1-17-8-13-4-5-14(9-18-13)20-10-11-7-12(16)3-6-15(11)19-2/h3-7,9,17H,8,10H2,1-2H3. The fraction of sp³-hybridized carbons (Fsp3) is 0.267. The number of nitrogens with one attached hydrogen (secondary N) is 1. The summed E-state index contributed by atoms with van der Waals surface area (Å²) in [5.41, 5.74) is 1.97. The predicted molar refractivity (Wildman–Crippen MR) is 82.0 cm³/mol. The highest BCUT2D eigenvalue weighted by Gasteiger charge is 2.05. The van der Waals surface area contributed by atoms with Gasteiger partial charge in [0.2, 0.25) is 0 Å². The van der Waals surface area contributed by atoms with Gasteiger partial charge in [0, 0.05) is 16.6 Å². The monoisotopic (exact) mass is 336 g/mol. The number of rotatable bonds is 6. The van der Waals surface area contributed by atoms with Crippen LogP contribution in [-0.4, -0.2) is 19.1 Å². The van der Waals surface area contributed by atoms with E-state index in [-0.39, 0.29) is 0 Å². The lowest BCUT2D eigenvalue weighted by molar-refractivity contribution is 0.295. The van der Waals surface area contributed by atoms with E-state index in [2.05, 4.69) is 26.2 Å². The SMILES string of the molecule is CNCc1ccc(OCc2cc(Br)ccc2OC)cn1. The molecule has 0 aliphatic carbocycles. The highest BCUT2D eigenvalue weighted by Crippen LogP contribution is 2.24. The molecule has 0 aliphatic heterocycles. The molecule has 1 N–H and O–H groups in total. The summed E-state index contributed by atoms with van der Waals surface area (Å²) in [6.07, 6.45) is 1.73. The van der Waals surface area contributed by atoms with Gasteiger partial charge in [-0.25, -0.2) is 0 Å². The second kappa shape index (κ2) is 7.26. The Balaban J connectivity index is 2.02. The maximum atomic E-state index is 5.74. The fourth-order valence-electron chi connectivity index (χ4n) is 1.80. The van der Waals surface area contributed by atoms with Gasteiger partial charge in [0.1, 0.15) is 18.1 Å². The molecule has 0 unspecified atom stereocenters. The van der Waals surface area contributed by atoms with Gasteiger partial charge in [0.25, 0.3) is 0 Å². The van der Waals surface area contributed by atoms with E-state index in [0.717, 1.165) is 33.8 Å². The van der Waals surface area contributed by atoms with Crippen LogP contribution >= 0.6 is 15.9 Å². The van der Waals surface area contributed by atoms with E-state index in [1.807, 2.05) is 37.4 Å². The Morgan fingerprint density at radius 2 is 2.10 bits per heavy atom. The van der Waals surface area contributed by atoms with Crippen LogP contribution in [0.5, 0.6) is 11.5 Å². The highest BCUT2D eigenvalue weighted by molar-refractivity contribution is 9.10. The van der Waals surface area contributed by atoms with Gasteiger partial charge in [-0.05, 0) is 37.4 Å². The first kappa shape index (κ1) is 14.8. The summed E-state index contributed by atoms with van der Waals surface area (Å²) in [7, 11) is 3.55. The van der Waals surface area contributed by atoms with Gasteiger partial charge in [0.05, 0.1) is 19.0 Å². The highest BCUT2D eigenvalue weighted by atomic mass is 79.9. The fourth-order valence-corrected chi connectivity index (χ4v) is 2.21. The number of hydrogen-bond donors (Lipinski definition) is 1. The Morgan fingerprint density at radius 3 is 2.75 bits per heavy atom. The lowest BCUT2D eigenvalue weighted by Gasteiger charge is -2.11. The molecule has 0 aliphatic rings. The lowest BCUT2D eigenvalue weighted by atomic mass is 10.2. The van der Waals surface area contributed by atoms with Gasteiger partial charge >= 0.3 is 0 Å². The Bertz CT molecular complexity index is 558. The van der Waals surface area contributed by atoms with Crippen molar-refractivity contribution in [2.24, 2.45) is 0 Å². The molecule has 106 valence electrons. The summed E-state index contributed by atoms with van der Waals surface area (Å²) in [6, 6.07) is 9.71. The molecule has 1 aromatic heterocycles. The molecule has 0 saturated heterocycles. The first-order valence-electron chi connectivity index (χ1n) is 6.27. The van der Waals surface area contributed by atoms with Crippen molar-refractivity contribution in [2.75, 3.05) is 14.2 Å². The van der Waals surface area contributed by atoms with Crippen LogP contribution in [0.2, 0.25) is 0 Å². The minimum Gasteiger partial charge on any atom is -0.496 e. The molecule has 0 fully saturated rings. The molecule has 0 saturated carbocycles. The summed E-state index contributed by atoms with van der Waals surface area (Å²) in [4.78, 5) is 4.31. The molecule has 0 atom stereocenters. The van der Waals surface area contributed by atoms with Crippen LogP contribution in [0.4, 0.5) is 0 Å².